The summed E-state index contributed by atoms with van der Waals surface area (Å²) in [6, 6.07) is 3.20. The number of nitrogens with one attached hydrogen (secondary N) is 1. The summed E-state index contributed by atoms with van der Waals surface area (Å²) in [6.07, 6.45) is 1.93. The van der Waals surface area contributed by atoms with E-state index >= 15 is 0 Å². The number of hydrogen-bond donors (Lipinski definition) is 1. The topological polar surface area (TPSA) is 15.8 Å². The number of aromatic nitrogens is 1. The first-order valence-corrected chi connectivity index (χ1v) is 4.86. The highest BCUT2D eigenvalue weighted by Gasteiger charge is 2.10. The maximum atomic E-state index is 13.3. The first-order valence-electron chi connectivity index (χ1n) is 4.86. The van der Waals surface area contributed by atoms with E-state index in [1.807, 2.05) is 13.1 Å². The van der Waals surface area contributed by atoms with Crippen LogP contribution in [0.3, 0.4) is 0 Å². The van der Waals surface area contributed by atoms with Crippen LogP contribution in [0.2, 0.25) is 0 Å². The van der Waals surface area contributed by atoms with Crippen LogP contribution in [0, 0.1) is 12.7 Å². The van der Waals surface area contributed by atoms with Crippen molar-refractivity contribution in [2.75, 3.05) is 0 Å². The molecule has 1 N–H and O–H groups in total. The van der Waals surface area contributed by atoms with Gasteiger partial charge in [-0.05, 0) is 36.1 Å². The molecular formula is C12H14FN. The standard InChI is InChI=1S/C12H14FN/c1-7(2)10-4-9(13)5-11-8(3)6-14-12(10)11/h4-7,14H,1-3H3. The van der Waals surface area contributed by atoms with Gasteiger partial charge in [-0.2, -0.15) is 0 Å². The molecule has 1 heterocycles. The van der Waals surface area contributed by atoms with E-state index in [4.69, 9.17) is 0 Å². The SMILES string of the molecule is Cc1c[nH]c2c(C(C)C)cc(F)cc12. The van der Waals surface area contributed by atoms with Crippen molar-refractivity contribution in [1.29, 1.82) is 0 Å². The Hall–Kier alpha value is -1.31. The Kier molecular flexibility index (Phi) is 2.06. The van der Waals surface area contributed by atoms with E-state index in [1.165, 1.54) is 0 Å². The minimum absolute atomic E-state index is 0.149. The summed E-state index contributed by atoms with van der Waals surface area (Å²) < 4.78 is 13.3. The van der Waals surface area contributed by atoms with Gasteiger partial charge in [0, 0.05) is 17.1 Å². The van der Waals surface area contributed by atoms with E-state index in [-0.39, 0.29) is 5.82 Å². The molecule has 2 aromatic rings. The van der Waals surface area contributed by atoms with Crippen LogP contribution in [0.15, 0.2) is 18.3 Å². The van der Waals surface area contributed by atoms with E-state index in [2.05, 4.69) is 18.8 Å². The van der Waals surface area contributed by atoms with Gasteiger partial charge in [-0.3, -0.25) is 0 Å². The Balaban J connectivity index is 2.82. The molecule has 0 aliphatic heterocycles. The van der Waals surface area contributed by atoms with Gasteiger partial charge in [0.1, 0.15) is 5.82 Å². The highest BCUT2D eigenvalue weighted by Crippen LogP contribution is 2.27. The van der Waals surface area contributed by atoms with Crippen LogP contribution in [0.25, 0.3) is 10.9 Å². The summed E-state index contributed by atoms with van der Waals surface area (Å²) >= 11 is 0. The van der Waals surface area contributed by atoms with Crippen molar-refractivity contribution >= 4 is 10.9 Å². The number of aryl methyl sites for hydroxylation is 1. The molecule has 0 fully saturated rings. The predicted molar refractivity (Wildman–Crippen MR) is 57.1 cm³/mol. The molecule has 0 amide bonds. The van der Waals surface area contributed by atoms with E-state index in [0.29, 0.717) is 5.92 Å². The van der Waals surface area contributed by atoms with Gasteiger partial charge < -0.3 is 4.98 Å². The second kappa shape index (κ2) is 3.12. The third-order valence-corrected chi connectivity index (χ3v) is 2.61. The molecule has 2 rings (SSSR count). The number of rotatable bonds is 1. The maximum Gasteiger partial charge on any atom is 0.124 e. The molecule has 0 aliphatic rings. The molecule has 0 bridgehead atoms. The fraction of sp³-hybridized carbons (Fsp3) is 0.333. The minimum atomic E-state index is -0.149. The van der Waals surface area contributed by atoms with Crippen LogP contribution in [0.4, 0.5) is 4.39 Å². The van der Waals surface area contributed by atoms with Gasteiger partial charge in [-0.1, -0.05) is 13.8 Å². The number of aromatic amines is 1. The van der Waals surface area contributed by atoms with E-state index in [9.17, 15) is 4.39 Å². The monoisotopic (exact) mass is 191 g/mol. The molecule has 0 unspecified atom stereocenters. The molecule has 0 aliphatic carbocycles. The van der Waals surface area contributed by atoms with Gasteiger partial charge in [-0.25, -0.2) is 4.39 Å². The van der Waals surface area contributed by atoms with Crippen molar-refractivity contribution in [3.63, 3.8) is 0 Å². The molecule has 0 spiro atoms. The largest absolute Gasteiger partial charge is 0.361 e. The van der Waals surface area contributed by atoms with Gasteiger partial charge in [0.2, 0.25) is 0 Å². The first kappa shape index (κ1) is 9.25. The van der Waals surface area contributed by atoms with E-state index in [1.54, 1.807) is 12.1 Å². The zero-order chi connectivity index (χ0) is 10.3. The van der Waals surface area contributed by atoms with Crippen molar-refractivity contribution in [2.24, 2.45) is 0 Å². The zero-order valence-corrected chi connectivity index (χ0v) is 8.69. The van der Waals surface area contributed by atoms with Crippen molar-refractivity contribution in [3.05, 3.63) is 35.3 Å². The highest BCUT2D eigenvalue weighted by molar-refractivity contribution is 5.86. The van der Waals surface area contributed by atoms with Crippen molar-refractivity contribution < 1.29 is 4.39 Å². The smallest absolute Gasteiger partial charge is 0.124 e. The Morgan fingerprint density at radius 2 is 2.00 bits per heavy atom. The number of H-pyrrole nitrogens is 1. The summed E-state index contributed by atoms with van der Waals surface area (Å²) in [4.78, 5) is 3.20. The molecule has 1 aromatic heterocycles. The fourth-order valence-corrected chi connectivity index (χ4v) is 1.81. The number of hydrogen-bond acceptors (Lipinski definition) is 0. The Labute approximate surface area is 82.9 Å². The summed E-state index contributed by atoms with van der Waals surface area (Å²) in [7, 11) is 0. The van der Waals surface area contributed by atoms with Crippen LogP contribution in [0.1, 0.15) is 30.9 Å². The summed E-state index contributed by atoms with van der Waals surface area (Å²) in [5, 5.41) is 0.994. The fourth-order valence-electron chi connectivity index (χ4n) is 1.81. The highest BCUT2D eigenvalue weighted by atomic mass is 19.1. The molecular weight excluding hydrogens is 177 g/mol. The third-order valence-electron chi connectivity index (χ3n) is 2.61. The lowest BCUT2D eigenvalue weighted by molar-refractivity contribution is 0.625. The number of halogens is 1. The van der Waals surface area contributed by atoms with Crippen LogP contribution in [-0.4, -0.2) is 4.98 Å². The summed E-state index contributed by atoms with van der Waals surface area (Å²) in [5.41, 5.74) is 3.22. The van der Waals surface area contributed by atoms with Gasteiger partial charge in [0.15, 0.2) is 0 Å². The Morgan fingerprint density at radius 3 is 2.64 bits per heavy atom. The van der Waals surface area contributed by atoms with Gasteiger partial charge in [-0.15, -0.1) is 0 Å². The van der Waals surface area contributed by atoms with Crippen molar-refractivity contribution in [2.45, 2.75) is 26.7 Å². The first-order chi connectivity index (χ1) is 6.59. The molecule has 0 radical (unpaired) electrons. The van der Waals surface area contributed by atoms with E-state index in [0.717, 1.165) is 22.0 Å². The maximum absolute atomic E-state index is 13.3. The van der Waals surface area contributed by atoms with Gasteiger partial charge in [0.05, 0.1) is 0 Å². The second-order valence-electron chi connectivity index (χ2n) is 4.04. The van der Waals surface area contributed by atoms with Crippen LogP contribution in [-0.2, 0) is 0 Å². The second-order valence-corrected chi connectivity index (χ2v) is 4.04. The third kappa shape index (κ3) is 1.31. The average Bonchev–Trinajstić information content (AvgIpc) is 2.47. The van der Waals surface area contributed by atoms with Crippen LogP contribution < -0.4 is 0 Å². The molecule has 74 valence electrons. The van der Waals surface area contributed by atoms with Gasteiger partial charge >= 0.3 is 0 Å². The molecule has 0 saturated carbocycles. The molecule has 1 nitrogen and oxygen atoms in total. The zero-order valence-electron chi connectivity index (χ0n) is 8.69. The lowest BCUT2D eigenvalue weighted by Gasteiger charge is -2.07. The molecule has 2 heteroatoms. The number of benzene rings is 1. The Morgan fingerprint density at radius 1 is 1.29 bits per heavy atom. The van der Waals surface area contributed by atoms with Crippen LogP contribution >= 0.6 is 0 Å². The summed E-state index contributed by atoms with van der Waals surface area (Å²) in [5.74, 6) is 0.190. The van der Waals surface area contributed by atoms with Gasteiger partial charge in [0.25, 0.3) is 0 Å². The van der Waals surface area contributed by atoms with Crippen molar-refractivity contribution in [3.8, 4) is 0 Å². The lowest BCUT2D eigenvalue weighted by Crippen LogP contribution is -1.91. The molecule has 14 heavy (non-hydrogen) atoms. The minimum Gasteiger partial charge on any atom is -0.361 e. The predicted octanol–water partition coefficient (Wildman–Crippen LogP) is 3.74. The number of fused-ring (bicyclic) bond motifs is 1. The average molecular weight is 191 g/mol. The van der Waals surface area contributed by atoms with Crippen molar-refractivity contribution in [1.82, 2.24) is 4.98 Å². The van der Waals surface area contributed by atoms with Crippen LogP contribution in [0.5, 0.6) is 0 Å². The summed E-state index contributed by atoms with van der Waals surface area (Å²) in [6.45, 7) is 6.14. The van der Waals surface area contributed by atoms with E-state index < -0.39 is 0 Å². The lowest BCUT2D eigenvalue weighted by atomic mass is 9.99. The molecule has 0 saturated heterocycles. The normalized spacial score (nSPS) is 11.5. The molecule has 0 atom stereocenters. The molecule has 1 aromatic carbocycles. The quantitative estimate of drug-likeness (QED) is 0.706. The Bertz CT molecular complexity index is 468.